The molecule has 1 aromatic carbocycles. The van der Waals surface area contributed by atoms with Crippen LogP contribution in [0.2, 0.25) is 5.02 Å². The molecule has 1 atom stereocenters. The molecule has 0 saturated heterocycles. The average molecular weight is 437 g/mol. The van der Waals surface area contributed by atoms with Gasteiger partial charge in [-0.05, 0) is 6.07 Å². The second-order valence-electron chi connectivity index (χ2n) is 7.05. The van der Waals surface area contributed by atoms with Crippen molar-refractivity contribution in [3.8, 4) is 5.75 Å². The molecule has 0 radical (unpaired) electrons. The maximum Gasteiger partial charge on any atom is 0.277 e. The number of ether oxygens (including phenoxy) is 1. The molecule has 3 heterocycles. The molecule has 2 amide bonds. The van der Waals surface area contributed by atoms with Crippen molar-refractivity contribution in [1.29, 1.82) is 0 Å². The topological polar surface area (TPSA) is 104 Å². The van der Waals surface area contributed by atoms with Crippen LogP contribution in [0, 0.1) is 5.82 Å². The van der Waals surface area contributed by atoms with Gasteiger partial charge in [0, 0.05) is 26.3 Å². The Bertz CT molecular complexity index is 1130. The van der Waals surface area contributed by atoms with Crippen molar-refractivity contribution in [2.75, 3.05) is 32.4 Å². The lowest BCUT2D eigenvalue weighted by molar-refractivity contribution is 0.0733. The van der Waals surface area contributed by atoms with E-state index in [4.69, 9.17) is 16.3 Å². The van der Waals surface area contributed by atoms with Crippen LogP contribution in [0.4, 0.5) is 4.39 Å². The van der Waals surface area contributed by atoms with E-state index in [0.29, 0.717) is 0 Å². The summed E-state index contributed by atoms with van der Waals surface area (Å²) in [6.07, 6.45) is -0.681. The van der Waals surface area contributed by atoms with E-state index in [9.17, 15) is 23.9 Å². The number of aromatic hydroxyl groups is 1. The number of nitrogens with one attached hydrogen (secondary N) is 1. The minimum Gasteiger partial charge on any atom is -0.502 e. The summed E-state index contributed by atoms with van der Waals surface area (Å²) in [5.41, 5.74) is -1.27. The van der Waals surface area contributed by atoms with Gasteiger partial charge in [-0.15, -0.1) is 0 Å². The molecule has 2 aromatic rings. The van der Waals surface area contributed by atoms with Crippen molar-refractivity contribution in [2.24, 2.45) is 0 Å². The average Bonchev–Trinajstić information content (AvgIpc) is 3.07. The summed E-state index contributed by atoms with van der Waals surface area (Å²) in [5.74, 6) is -2.87. The lowest BCUT2D eigenvalue weighted by Gasteiger charge is -2.35. The predicted molar refractivity (Wildman–Crippen MR) is 105 cm³/mol. The summed E-state index contributed by atoms with van der Waals surface area (Å²) in [6, 6.07) is 4.36. The second kappa shape index (κ2) is 7.29. The first-order chi connectivity index (χ1) is 14.3. The molecule has 9 nitrogen and oxygen atoms in total. The third-order valence-corrected chi connectivity index (χ3v) is 5.53. The molecule has 2 aliphatic heterocycles. The number of rotatable bonds is 4. The fourth-order valence-corrected chi connectivity index (χ4v) is 3.97. The molecule has 0 saturated carbocycles. The van der Waals surface area contributed by atoms with Crippen molar-refractivity contribution >= 4 is 23.4 Å². The summed E-state index contributed by atoms with van der Waals surface area (Å²) in [5, 5.41) is 14.5. The molecule has 1 aromatic heterocycles. The summed E-state index contributed by atoms with van der Waals surface area (Å²) < 4.78 is 20.9. The van der Waals surface area contributed by atoms with Crippen LogP contribution in [0.1, 0.15) is 38.2 Å². The maximum atomic E-state index is 14.1. The fraction of sp³-hybridized carbons (Fsp3) is 0.316. The number of hydrogen-bond acceptors (Lipinski definition) is 6. The number of halogens is 2. The minimum absolute atomic E-state index is 0.0930. The Hall–Kier alpha value is -3.11. The van der Waals surface area contributed by atoms with Crippen LogP contribution >= 0.6 is 11.6 Å². The Labute approximate surface area is 175 Å². The molecule has 2 aliphatic rings. The molecule has 4 rings (SSSR count). The lowest BCUT2D eigenvalue weighted by Crippen LogP contribution is -2.51. The summed E-state index contributed by atoms with van der Waals surface area (Å²) in [4.78, 5) is 39.7. The summed E-state index contributed by atoms with van der Waals surface area (Å²) in [6.45, 7) is 0.235. The maximum absolute atomic E-state index is 14.1. The van der Waals surface area contributed by atoms with E-state index in [2.05, 4.69) is 5.32 Å². The van der Waals surface area contributed by atoms with E-state index in [1.165, 1.54) is 41.9 Å². The van der Waals surface area contributed by atoms with Gasteiger partial charge in [-0.1, -0.05) is 23.7 Å². The summed E-state index contributed by atoms with van der Waals surface area (Å²) in [7, 11) is 2.96. The Balaban J connectivity index is 1.79. The number of amides is 2. The number of hydrogen-bond donors (Lipinski definition) is 2. The largest absolute Gasteiger partial charge is 0.502 e. The lowest BCUT2D eigenvalue weighted by atomic mass is 10.1. The van der Waals surface area contributed by atoms with Crippen LogP contribution in [0.3, 0.4) is 0 Å². The minimum atomic E-state index is -0.993. The van der Waals surface area contributed by atoms with Gasteiger partial charge in [-0.3, -0.25) is 19.4 Å². The third-order valence-electron chi connectivity index (χ3n) is 5.23. The SMILES string of the molecule is CO[C@H]1CN2CN(C)C(=O)c3c(O)c(=O)c(C(=O)NCc4cccc(Cl)c4F)c1n32. The molecule has 0 fully saturated rings. The standard InChI is InChI=1S/C19H18ClFN4O5/c1-23-8-24-7-11(30-2)14-12(16(26)17(27)15(19(23)29)25(14)24)18(28)22-6-9-4-3-5-10(20)13(9)21/h3-5,11,27H,6-8H2,1-2H3,(H,22,28)/t11-/m0/s1. The molecule has 0 aliphatic carbocycles. The number of aromatic nitrogens is 1. The number of carbonyl (C=O) groups is 2. The third kappa shape index (κ3) is 2.91. The van der Waals surface area contributed by atoms with Gasteiger partial charge < -0.3 is 20.1 Å². The quantitative estimate of drug-likeness (QED) is 0.740. The molecule has 0 unspecified atom stereocenters. The molecule has 158 valence electrons. The van der Waals surface area contributed by atoms with Gasteiger partial charge >= 0.3 is 0 Å². The molecular weight excluding hydrogens is 419 g/mol. The van der Waals surface area contributed by atoms with E-state index >= 15 is 0 Å². The van der Waals surface area contributed by atoms with Crippen molar-refractivity contribution < 1.29 is 23.8 Å². The monoisotopic (exact) mass is 436 g/mol. The van der Waals surface area contributed by atoms with Gasteiger partial charge in [-0.25, -0.2) is 9.07 Å². The van der Waals surface area contributed by atoms with Crippen LogP contribution in [-0.4, -0.2) is 53.9 Å². The smallest absolute Gasteiger partial charge is 0.277 e. The highest BCUT2D eigenvalue weighted by atomic mass is 35.5. The molecule has 2 N–H and O–H groups in total. The van der Waals surface area contributed by atoms with Gasteiger partial charge in [0.1, 0.15) is 24.2 Å². The van der Waals surface area contributed by atoms with Crippen LogP contribution in [0.15, 0.2) is 23.0 Å². The van der Waals surface area contributed by atoms with Crippen LogP contribution in [0.25, 0.3) is 0 Å². The zero-order valence-electron chi connectivity index (χ0n) is 16.1. The number of pyridine rings is 1. The fourth-order valence-electron chi connectivity index (χ4n) is 3.78. The molecule has 30 heavy (non-hydrogen) atoms. The molecule has 0 spiro atoms. The normalized spacial score (nSPS) is 17.3. The highest BCUT2D eigenvalue weighted by Crippen LogP contribution is 2.34. The van der Waals surface area contributed by atoms with Crippen LogP contribution in [-0.2, 0) is 11.3 Å². The van der Waals surface area contributed by atoms with Crippen LogP contribution < -0.4 is 15.8 Å². The second-order valence-corrected chi connectivity index (χ2v) is 7.46. The van der Waals surface area contributed by atoms with E-state index in [1.54, 1.807) is 5.01 Å². The zero-order valence-corrected chi connectivity index (χ0v) is 16.9. The Kier molecular flexibility index (Phi) is 4.91. The molecular formula is C19H18ClFN4O5. The van der Waals surface area contributed by atoms with E-state index in [-0.39, 0.29) is 47.3 Å². The summed E-state index contributed by atoms with van der Waals surface area (Å²) >= 11 is 5.76. The Morgan fingerprint density at radius 3 is 2.83 bits per heavy atom. The molecule has 11 heteroatoms. The van der Waals surface area contributed by atoms with Crippen molar-refractivity contribution in [1.82, 2.24) is 14.9 Å². The Morgan fingerprint density at radius 2 is 2.13 bits per heavy atom. The van der Waals surface area contributed by atoms with Gasteiger partial charge in [0.25, 0.3) is 11.8 Å². The van der Waals surface area contributed by atoms with Gasteiger partial charge in [0.05, 0.1) is 17.3 Å². The van der Waals surface area contributed by atoms with Gasteiger partial charge in [-0.2, -0.15) is 0 Å². The number of methoxy groups -OCH3 is 1. The Morgan fingerprint density at radius 1 is 1.40 bits per heavy atom. The number of benzene rings is 1. The predicted octanol–water partition coefficient (Wildman–Crippen LogP) is 0.959. The van der Waals surface area contributed by atoms with E-state index in [1.807, 2.05) is 0 Å². The van der Waals surface area contributed by atoms with E-state index < -0.39 is 34.9 Å². The van der Waals surface area contributed by atoms with Crippen LogP contribution in [0.5, 0.6) is 5.75 Å². The zero-order chi connectivity index (χ0) is 21.7. The number of nitrogens with zero attached hydrogens (tertiary/aromatic N) is 3. The van der Waals surface area contributed by atoms with Gasteiger partial charge in [0.2, 0.25) is 5.43 Å². The van der Waals surface area contributed by atoms with Gasteiger partial charge in [0.15, 0.2) is 11.4 Å². The first-order valence-electron chi connectivity index (χ1n) is 9.02. The highest BCUT2D eigenvalue weighted by molar-refractivity contribution is 6.30. The first-order valence-corrected chi connectivity index (χ1v) is 9.40. The number of carbonyl (C=O) groups excluding carboxylic acids is 2. The van der Waals surface area contributed by atoms with Crippen molar-refractivity contribution in [2.45, 2.75) is 12.6 Å². The first kappa shape index (κ1) is 20.2. The van der Waals surface area contributed by atoms with Crippen molar-refractivity contribution in [3.63, 3.8) is 0 Å². The van der Waals surface area contributed by atoms with E-state index in [0.717, 1.165) is 0 Å². The molecule has 0 bridgehead atoms. The highest BCUT2D eigenvalue weighted by Gasteiger charge is 2.43. The van der Waals surface area contributed by atoms with Crippen molar-refractivity contribution in [3.05, 3.63) is 61.8 Å².